The third-order valence-corrected chi connectivity index (χ3v) is 6.38. The van der Waals surface area contributed by atoms with Crippen LogP contribution in [-0.2, 0) is 22.7 Å². The number of amides is 2. The van der Waals surface area contributed by atoms with E-state index < -0.39 is 6.04 Å². The van der Waals surface area contributed by atoms with Crippen LogP contribution in [0.5, 0.6) is 0 Å². The molecule has 2 atom stereocenters. The number of hydrogen-bond donors (Lipinski definition) is 2. The summed E-state index contributed by atoms with van der Waals surface area (Å²) < 4.78 is 0. The van der Waals surface area contributed by atoms with Crippen LogP contribution in [-0.4, -0.2) is 53.3 Å². The van der Waals surface area contributed by atoms with Gasteiger partial charge in [0.25, 0.3) is 0 Å². The van der Waals surface area contributed by atoms with Gasteiger partial charge in [-0.25, -0.2) is 0 Å². The molecular weight excluding hydrogens is 384 g/mol. The lowest BCUT2D eigenvalue weighted by Crippen LogP contribution is -2.46. The van der Waals surface area contributed by atoms with Crippen molar-refractivity contribution in [1.29, 1.82) is 0 Å². The number of benzene rings is 1. The SMILES string of the molecule is CC(=O)N1CC(N(Cc2cccs2)Cc2ccccc2C)CC1C(=O)NCCN. The van der Waals surface area contributed by atoms with Crippen LogP contribution in [0.2, 0.25) is 0 Å². The summed E-state index contributed by atoms with van der Waals surface area (Å²) in [4.78, 5) is 30.3. The van der Waals surface area contributed by atoms with Crippen molar-refractivity contribution in [2.24, 2.45) is 5.73 Å². The lowest BCUT2D eigenvalue weighted by molar-refractivity contribution is -0.136. The summed E-state index contributed by atoms with van der Waals surface area (Å²) in [5, 5.41) is 4.93. The molecule has 2 amide bonds. The minimum absolute atomic E-state index is 0.0626. The first-order chi connectivity index (χ1) is 14.0. The molecular formula is C22H30N4O2S. The first kappa shape index (κ1) is 21.5. The maximum atomic E-state index is 12.6. The van der Waals surface area contributed by atoms with E-state index in [0.717, 1.165) is 13.1 Å². The van der Waals surface area contributed by atoms with E-state index in [1.807, 2.05) is 6.07 Å². The number of likely N-dealkylation sites (tertiary alicyclic amines) is 1. The fourth-order valence-corrected chi connectivity index (χ4v) is 4.64. The minimum atomic E-state index is -0.438. The summed E-state index contributed by atoms with van der Waals surface area (Å²) in [5.74, 6) is -0.174. The highest BCUT2D eigenvalue weighted by atomic mass is 32.1. The van der Waals surface area contributed by atoms with E-state index in [1.165, 1.54) is 22.9 Å². The Kier molecular flexibility index (Phi) is 7.41. The van der Waals surface area contributed by atoms with Crippen molar-refractivity contribution in [1.82, 2.24) is 15.1 Å². The largest absolute Gasteiger partial charge is 0.353 e. The normalized spacial score (nSPS) is 19.0. The van der Waals surface area contributed by atoms with Crippen molar-refractivity contribution >= 4 is 23.2 Å². The van der Waals surface area contributed by atoms with Gasteiger partial charge in [-0.15, -0.1) is 11.3 Å². The molecule has 1 aromatic heterocycles. The first-order valence-electron chi connectivity index (χ1n) is 10.1. The molecule has 6 nitrogen and oxygen atoms in total. The Morgan fingerprint density at radius 2 is 2.03 bits per heavy atom. The highest BCUT2D eigenvalue weighted by Crippen LogP contribution is 2.27. The number of nitrogens with zero attached hydrogens (tertiary/aromatic N) is 2. The van der Waals surface area contributed by atoms with Crippen LogP contribution in [0.15, 0.2) is 41.8 Å². The zero-order valence-corrected chi connectivity index (χ0v) is 18.0. The summed E-state index contributed by atoms with van der Waals surface area (Å²) >= 11 is 1.73. The van der Waals surface area contributed by atoms with Gasteiger partial charge in [0, 0.05) is 50.6 Å². The Bertz CT molecular complexity index is 824. The second kappa shape index (κ2) is 10.0. The van der Waals surface area contributed by atoms with Gasteiger partial charge in [0.05, 0.1) is 0 Å². The molecule has 3 rings (SSSR count). The molecule has 0 bridgehead atoms. The smallest absolute Gasteiger partial charge is 0.242 e. The Labute approximate surface area is 176 Å². The molecule has 3 N–H and O–H groups in total. The van der Waals surface area contributed by atoms with E-state index in [4.69, 9.17) is 5.73 Å². The Morgan fingerprint density at radius 3 is 2.69 bits per heavy atom. The predicted octanol–water partition coefficient (Wildman–Crippen LogP) is 2.12. The van der Waals surface area contributed by atoms with E-state index >= 15 is 0 Å². The predicted molar refractivity (Wildman–Crippen MR) is 116 cm³/mol. The first-order valence-corrected chi connectivity index (χ1v) is 10.9. The Hall–Kier alpha value is -2.22. The molecule has 7 heteroatoms. The van der Waals surface area contributed by atoms with Gasteiger partial charge in [-0.1, -0.05) is 30.3 Å². The number of nitrogens with two attached hydrogens (primary N) is 1. The molecule has 1 aliphatic rings. The summed E-state index contributed by atoms with van der Waals surface area (Å²) in [7, 11) is 0. The summed E-state index contributed by atoms with van der Waals surface area (Å²) in [6.07, 6.45) is 0.632. The standard InChI is InChI=1S/C22H30N4O2S/c1-16-6-3-4-7-18(16)13-25(15-20-8-5-11-29-20)19-12-21(22(28)24-10-9-23)26(14-19)17(2)27/h3-8,11,19,21H,9-10,12-15,23H2,1-2H3,(H,24,28). The number of carbonyl (C=O) groups excluding carboxylic acids is 2. The molecule has 156 valence electrons. The fourth-order valence-electron chi connectivity index (χ4n) is 3.91. The van der Waals surface area contributed by atoms with Crippen LogP contribution in [0.4, 0.5) is 0 Å². The maximum Gasteiger partial charge on any atom is 0.242 e. The zero-order valence-electron chi connectivity index (χ0n) is 17.1. The van der Waals surface area contributed by atoms with Gasteiger partial charge in [-0.3, -0.25) is 14.5 Å². The van der Waals surface area contributed by atoms with Crippen LogP contribution in [0.25, 0.3) is 0 Å². The number of nitrogens with one attached hydrogen (secondary N) is 1. The molecule has 2 aromatic rings. The minimum Gasteiger partial charge on any atom is -0.353 e. The average molecular weight is 415 g/mol. The summed E-state index contributed by atoms with van der Waals surface area (Å²) in [6.45, 7) is 6.63. The van der Waals surface area contributed by atoms with Crippen molar-refractivity contribution in [2.45, 2.75) is 45.4 Å². The number of hydrogen-bond acceptors (Lipinski definition) is 5. The topological polar surface area (TPSA) is 78.7 Å². The molecule has 2 unspecified atom stereocenters. The van der Waals surface area contributed by atoms with E-state index in [9.17, 15) is 9.59 Å². The molecule has 1 fully saturated rings. The lowest BCUT2D eigenvalue weighted by atomic mass is 10.1. The highest BCUT2D eigenvalue weighted by molar-refractivity contribution is 7.09. The molecule has 0 spiro atoms. The number of aryl methyl sites for hydroxylation is 1. The van der Waals surface area contributed by atoms with Crippen molar-refractivity contribution in [2.75, 3.05) is 19.6 Å². The van der Waals surface area contributed by atoms with Gasteiger partial charge >= 0.3 is 0 Å². The van der Waals surface area contributed by atoms with Crippen LogP contribution < -0.4 is 11.1 Å². The van der Waals surface area contributed by atoms with E-state index in [0.29, 0.717) is 26.1 Å². The second-order valence-corrected chi connectivity index (χ2v) is 8.60. The molecule has 0 aliphatic carbocycles. The Balaban J connectivity index is 1.81. The molecule has 1 aromatic carbocycles. The average Bonchev–Trinajstić information content (AvgIpc) is 3.37. The van der Waals surface area contributed by atoms with Crippen molar-refractivity contribution < 1.29 is 9.59 Å². The van der Waals surface area contributed by atoms with Gasteiger partial charge < -0.3 is 16.0 Å². The van der Waals surface area contributed by atoms with Crippen LogP contribution in [0.3, 0.4) is 0 Å². The fraction of sp³-hybridized carbons (Fsp3) is 0.455. The lowest BCUT2D eigenvalue weighted by Gasteiger charge is -2.29. The Morgan fingerprint density at radius 1 is 1.24 bits per heavy atom. The number of thiophene rings is 1. The molecule has 0 radical (unpaired) electrons. The molecule has 1 saturated heterocycles. The molecule has 1 aliphatic heterocycles. The summed E-state index contributed by atoms with van der Waals surface area (Å²) in [6, 6.07) is 12.3. The van der Waals surface area contributed by atoms with E-state index in [1.54, 1.807) is 16.2 Å². The maximum absolute atomic E-state index is 12.6. The highest BCUT2D eigenvalue weighted by Gasteiger charge is 2.40. The van der Waals surface area contributed by atoms with Gasteiger partial charge in [0.2, 0.25) is 11.8 Å². The molecule has 0 saturated carbocycles. The molecule has 29 heavy (non-hydrogen) atoms. The quantitative estimate of drug-likeness (QED) is 0.694. The van der Waals surface area contributed by atoms with Crippen LogP contribution in [0, 0.1) is 6.92 Å². The van der Waals surface area contributed by atoms with Crippen LogP contribution >= 0.6 is 11.3 Å². The monoisotopic (exact) mass is 414 g/mol. The van der Waals surface area contributed by atoms with Crippen molar-refractivity contribution in [3.05, 3.63) is 57.8 Å². The van der Waals surface area contributed by atoms with Gasteiger partial charge in [0.15, 0.2) is 0 Å². The van der Waals surface area contributed by atoms with E-state index in [-0.39, 0.29) is 17.9 Å². The second-order valence-electron chi connectivity index (χ2n) is 7.57. The van der Waals surface area contributed by atoms with Gasteiger partial charge in [-0.2, -0.15) is 0 Å². The molecule has 2 heterocycles. The number of rotatable bonds is 8. The van der Waals surface area contributed by atoms with Crippen LogP contribution in [0.1, 0.15) is 29.3 Å². The zero-order chi connectivity index (χ0) is 20.8. The number of carbonyl (C=O) groups is 2. The van der Waals surface area contributed by atoms with Crippen molar-refractivity contribution in [3.8, 4) is 0 Å². The van der Waals surface area contributed by atoms with E-state index in [2.05, 4.69) is 52.9 Å². The third kappa shape index (κ3) is 5.44. The van der Waals surface area contributed by atoms with Crippen molar-refractivity contribution in [3.63, 3.8) is 0 Å². The third-order valence-electron chi connectivity index (χ3n) is 5.52. The van der Waals surface area contributed by atoms with Gasteiger partial charge in [-0.05, 0) is 35.9 Å². The summed E-state index contributed by atoms with van der Waals surface area (Å²) in [5.41, 5.74) is 8.04. The van der Waals surface area contributed by atoms with Gasteiger partial charge in [0.1, 0.15) is 6.04 Å².